The number of hydrogen-bond acceptors (Lipinski definition) is 5. The lowest BCUT2D eigenvalue weighted by molar-refractivity contribution is -0.137. The minimum Gasteiger partial charge on any atom is -0.464 e. The first-order chi connectivity index (χ1) is 16.1. The molecule has 2 aromatic carbocycles. The van der Waals surface area contributed by atoms with Crippen LogP contribution in [-0.2, 0) is 10.9 Å². The van der Waals surface area contributed by atoms with Gasteiger partial charge in [-0.2, -0.15) is 23.0 Å². The summed E-state index contributed by atoms with van der Waals surface area (Å²) in [6.45, 7) is 5.43. The molecule has 4 rings (SSSR count). The zero-order chi connectivity index (χ0) is 24.6. The second-order valence-electron chi connectivity index (χ2n) is 7.21. The largest absolute Gasteiger partial charge is 0.464 e. The van der Waals surface area contributed by atoms with E-state index in [0.29, 0.717) is 33.0 Å². The molecule has 0 spiro atoms. The molecule has 0 saturated carbocycles. The van der Waals surface area contributed by atoms with Crippen molar-refractivity contribution in [2.24, 2.45) is 0 Å². The molecule has 0 aliphatic carbocycles. The van der Waals surface area contributed by atoms with E-state index in [4.69, 9.17) is 4.74 Å². The van der Waals surface area contributed by atoms with Crippen molar-refractivity contribution in [3.05, 3.63) is 82.8 Å². The fourth-order valence-electron chi connectivity index (χ4n) is 3.51. The third-order valence-electron chi connectivity index (χ3n) is 5.05. The molecule has 0 aliphatic heterocycles. The number of nitrogens with zero attached hydrogens (tertiary/aromatic N) is 3. The van der Waals surface area contributed by atoms with E-state index in [2.05, 4.69) is 16.7 Å². The summed E-state index contributed by atoms with van der Waals surface area (Å²) >= 11 is 1.15. The Morgan fingerprint density at radius 3 is 2.44 bits per heavy atom. The van der Waals surface area contributed by atoms with Crippen molar-refractivity contribution in [1.82, 2.24) is 14.8 Å². The van der Waals surface area contributed by atoms with Gasteiger partial charge in [-0.3, -0.25) is 0 Å². The van der Waals surface area contributed by atoms with Crippen LogP contribution in [-0.4, -0.2) is 27.8 Å². The Balaban J connectivity index is 1.87. The van der Waals surface area contributed by atoms with E-state index in [0.717, 1.165) is 23.5 Å². The van der Waals surface area contributed by atoms with E-state index < -0.39 is 23.5 Å². The molecule has 4 aromatic rings. The Kier molecular flexibility index (Phi) is 6.09. The monoisotopic (exact) mass is 487 g/mol. The number of rotatable bonds is 5. The summed E-state index contributed by atoms with van der Waals surface area (Å²) in [5, 5.41) is 4.72. The second-order valence-corrected chi connectivity index (χ2v) is 8.22. The van der Waals surface area contributed by atoms with Crippen LogP contribution in [0.5, 0.6) is 0 Å². The highest BCUT2D eigenvalue weighted by atomic mass is 32.1. The van der Waals surface area contributed by atoms with E-state index in [-0.39, 0.29) is 10.8 Å². The number of thiazole rings is 1. The lowest BCUT2D eigenvalue weighted by Crippen LogP contribution is -2.11. The number of halogens is 4. The van der Waals surface area contributed by atoms with Gasteiger partial charge in [0.05, 0.1) is 28.9 Å². The van der Waals surface area contributed by atoms with Crippen LogP contribution in [0.25, 0.3) is 33.6 Å². The Hall–Kier alpha value is -3.79. The van der Waals surface area contributed by atoms with Gasteiger partial charge in [-0.05, 0) is 42.8 Å². The first kappa shape index (κ1) is 23.4. The Morgan fingerprint density at radius 1 is 1.15 bits per heavy atom. The molecule has 0 amide bonds. The van der Waals surface area contributed by atoms with Gasteiger partial charge in [-0.1, -0.05) is 42.2 Å². The van der Waals surface area contributed by atoms with Crippen LogP contribution < -0.4 is 0 Å². The molecule has 34 heavy (non-hydrogen) atoms. The molecule has 2 aromatic heterocycles. The first-order valence-electron chi connectivity index (χ1n) is 9.89. The third-order valence-corrected chi connectivity index (χ3v) is 6.07. The predicted octanol–water partition coefficient (Wildman–Crippen LogP) is 6.56. The Bertz CT molecular complexity index is 1390. The zero-order valence-electron chi connectivity index (χ0n) is 18.0. The molecule has 0 radical (unpaired) electrons. The molecule has 2 heterocycles. The van der Waals surface area contributed by atoms with Crippen LogP contribution in [0, 0.1) is 12.7 Å². The average molecular weight is 487 g/mol. The Morgan fingerprint density at radius 2 is 1.85 bits per heavy atom. The lowest BCUT2D eigenvalue weighted by Gasteiger charge is -2.07. The number of ether oxygens (including phenoxy) is 1. The molecule has 0 bridgehead atoms. The number of aromatic nitrogens is 3. The first-order valence-corrected chi connectivity index (χ1v) is 10.7. The van der Waals surface area contributed by atoms with Crippen molar-refractivity contribution in [2.45, 2.75) is 13.1 Å². The predicted molar refractivity (Wildman–Crippen MR) is 121 cm³/mol. The van der Waals surface area contributed by atoms with Crippen molar-refractivity contribution < 1.29 is 27.1 Å². The summed E-state index contributed by atoms with van der Waals surface area (Å²) < 4.78 is 59.0. The van der Waals surface area contributed by atoms with Gasteiger partial charge in [0.2, 0.25) is 5.13 Å². The van der Waals surface area contributed by atoms with Gasteiger partial charge in [-0.15, -0.1) is 0 Å². The summed E-state index contributed by atoms with van der Waals surface area (Å²) in [7, 11) is 1.22. The SMILES string of the molecule is C=Cc1sc(-n2nc(C)c(-c3cccc(F)c3)c2C(=O)OC)nc1-c1ccc(C(F)(F)F)cc1. The summed E-state index contributed by atoms with van der Waals surface area (Å²) in [4.78, 5) is 17.9. The maximum Gasteiger partial charge on any atom is 0.416 e. The number of carbonyl (C=O) groups excluding carboxylic acids is 1. The van der Waals surface area contributed by atoms with E-state index in [1.54, 1.807) is 13.0 Å². The highest BCUT2D eigenvalue weighted by molar-refractivity contribution is 7.15. The number of aryl methyl sites for hydroxylation is 1. The average Bonchev–Trinajstić information content (AvgIpc) is 3.39. The summed E-state index contributed by atoms with van der Waals surface area (Å²) in [6.07, 6.45) is -2.93. The fourth-order valence-corrected chi connectivity index (χ4v) is 4.41. The smallest absolute Gasteiger partial charge is 0.416 e. The topological polar surface area (TPSA) is 57.0 Å². The van der Waals surface area contributed by atoms with Gasteiger partial charge >= 0.3 is 12.1 Å². The molecule has 174 valence electrons. The molecule has 0 unspecified atom stereocenters. The number of esters is 1. The fraction of sp³-hybridized carbons (Fsp3) is 0.125. The summed E-state index contributed by atoms with van der Waals surface area (Å²) in [5.41, 5.74) is 1.37. The second kappa shape index (κ2) is 8.86. The molecule has 0 fully saturated rings. The van der Waals surface area contributed by atoms with E-state index >= 15 is 0 Å². The molecular formula is C24H17F4N3O2S. The standard InChI is InChI=1S/C24H17F4N3O2S/c1-4-18-20(14-8-10-16(11-9-14)24(26,27)28)29-23(34-18)31-21(22(32)33-3)19(13(2)30-31)15-6-5-7-17(25)12-15/h4-12H,1H2,2-3H3. The number of hydrogen-bond donors (Lipinski definition) is 0. The van der Waals surface area contributed by atoms with Gasteiger partial charge in [0.15, 0.2) is 5.69 Å². The van der Waals surface area contributed by atoms with Crippen LogP contribution in [0.4, 0.5) is 17.6 Å². The number of alkyl halides is 3. The molecule has 0 atom stereocenters. The van der Waals surface area contributed by atoms with Crippen molar-refractivity contribution in [3.8, 4) is 27.5 Å². The summed E-state index contributed by atoms with van der Waals surface area (Å²) in [5.74, 6) is -1.18. The lowest BCUT2D eigenvalue weighted by atomic mass is 10.0. The van der Waals surface area contributed by atoms with Crippen LogP contribution in [0.1, 0.15) is 26.6 Å². The van der Waals surface area contributed by atoms with Gasteiger partial charge in [-0.25, -0.2) is 14.2 Å². The van der Waals surface area contributed by atoms with E-state index in [1.807, 2.05) is 0 Å². The van der Waals surface area contributed by atoms with Crippen LogP contribution in [0.15, 0.2) is 55.1 Å². The van der Waals surface area contributed by atoms with Crippen molar-refractivity contribution in [2.75, 3.05) is 7.11 Å². The highest BCUT2D eigenvalue weighted by Crippen LogP contribution is 2.36. The molecule has 0 N–H and O–H groups in total. The van der Waals surface area contributed by atoms with E-state index in [1.165, 1.54) is 48.2 Å². The van der Waals surface area contributed by atoms with Crippen LogP contribution >= 0.6 is 11.3 Å². The van der Waals surface area contributed by atoms with Crippen molar-refractivity contribution >= 4 is 23.4 Å². The number of benzene rings is 2. The molecule has 0 aliphatic rings. The minimum absolute atomic E-state index is 0.0499. The molecular weight excluding hydrogens is 470 g/mol. The zero-order valence-corrected chi connectivity index (χ0v) is 18.8. The maximum absolute atomic E-state index is 13.9. The van der Waals surface area contributed by atoms with Gasteiger partial charge in [0.1, 0.15) is 5.82 Å². The minimum atomic E-state index is -4.46. The number of methoxy groups -OCH3 is 1. The molecule has 5 nitrogen and oxygen atoms in total. The van der Waals surface area contributed by atoms with Crippen molar-refractivity contribution in [1.29, 1.82) is 0 Å². The van der Waals surface area contributed by atoms with E-state index in [9.17, 15) is 22.4 Å². The molecule has 0 saturated heterocycles. The van der Waals surface area contributed by atoms with Crippen molar-refractivity contribution in [3.63, 3.8) is 0 Å². The maximum atomic E-state index is 13.9. The quantitative estimate of drug-likeness (QED) is 0.236. The third kappa shape index (κ3) is 4.24. The van der Waals surface area contributed by atoms with Gasteiger partial charge < -0.3 is 4.74 Å². The highest BCUT2D eigenvalue weighted by Gasteiger charge is 2.30. The summed E-state index contributed by atoms with van der Waals surface area (Å²) in [6, 6.07) is 10.3. The normalized spacial score (nSPS) is 11.5. The van der Waals surface area contributed by atoms with Gasteiger partial charge in [0, 0.05) is 11.1 Å². The van der Waals surface area contributed by atoms with Crippen LogP contribution in [0.3, 0.4) is 0 Å². The number of carbonyl (C=O) groups is 1. The Labute approximate surface area is 196 Å². The van der Waals surface area contributed by atoms with Gasteiger partial charge in [0.25, 0.3) is 0 Å². The van der Waals surface area contributed by atoms with Crippen LogP contribution in [0.2, 0.25) is 0 Å². The molecule has 10 heteroatoms.